The summed E-state index contributed by atoms with van der Waals surface area (Å²) in [6.07, 6.45) is 0. The largest absolute Gasteiger partial charge is 0.465 e. The minimum atomic E-state index is -0.540. The molecule has 0 radical (unpaired) electrons. The molecule has 1 aromatic rings. The number of nitriles is 1. The molecular formula is C10H8ClNO2. The van der Waals surface area contributed by atoms with E-state index in [4.69, 9.17) is 16.9 Å². The molecule has 0 aliphatic heterocycles. The Labute approximate surface area is 86.9 Å². The number of methoxy groups -OCH3 is 1. The Kier molecular flexibility index (Phi) is 3.10. The van der Waals surface area contributed by atoms with Crippen LogP contribution >= 0.6 is 11.6 Å². The molecule has 0 N–H and O–H groups in total. The lowest BCUT2D eigenvalue weighted by atomic mass is 10.0. The summed E-state index contributed by atoms with van der Waals surface area (Å²) in [5.74, 6) is -0.540. The van der Waals surface area contributed by atoms with Gasteiger partial charge in [-0.15, -0.1) is 0 Å². The standard InChI is InChI=1S/C10H8ClNO2/c1-6-8(11)4-3-7(5-12)9(6)10(13)14-2/h3-4H,1-2H3. The van der Waals surface area contributed by atoms with Crippen molar-refractivity contribution in [3.8, 4) is 6.07 Å². The molecule has 0 aliphatic carbocycles. The van der Waals surface area contributed by atoms with Crippen molar-refractivity contribution in [1.82, 2.24) is 0 Å². The summed E-state index contributed by atoms with van der Waals surface area (Å²) in [6, 6.07) is 5.01. The molecular weight excluding hydrogens is 202 g/mol. The van der Waals surface area contributed by atoms with Crippen LogP contribution in [0.5, 0.6) is 0 Å². The number of nitrogens with zero attached hydrogens (tertiary/aromatic N) is 1. The summed E-state index contributed by atoms with van der Waals surface area (Å²) in [5, 5.41) is 9.23. The number of rotatable bonds is 1. The highest BCUT2D eigenvalue weighted by Gasteiger charge is 2.16. The van der Waals surface area contributed by atoms with Crippen LogP contribution in [0.25, 0.3) is 0 Å². The second-order valence-electron chi connectivity index (χ2n) is 2.70. The molecule has 0 heterocycles. The van der Waals surface area contributed by atoms with Crippen LogP contribution < -0.4 is 0 Å². The van der Waals surface area contributed by atoms with Crippen molar-refractivity contribution >= 4 is 17.6 Å². The molecule has 0 unspecified atom stereocenters. The molecule has 1 aromatic carbocycles. The van der Waals surface area contributed by atoms with Gasteiger partial charge >= 0.3 is 5.97 Å². The Morgan fingerprint density at radius 3 is 2.71 bits per heavy atom. The zero-order chi connectivity index (χ0) is 10.7. The molecule has 0 aromatic heterocycles. The van der Waals surface area contributed by atoms with Gasteiger partial charge < -0.3 is 4.74 Å². The van der Waals surface area contributed by atoms with Gasteiger partial charge in [0.1, 0.15) is 6.07 Å². The molecule has 3 nitrogen and oxygen atoms in total. The van der Waals surface area contributed by atoms with Gasteiger partial charge in [0.15, 0.2) is 0 Å². The van der Waals surface area contributed by atoms with Crippen molar-refractivity contribution < 1.29 is 9.53 Å². The van der Waals surface area contributed by atoms with Crippen molar-refractivity contribution in [2.75, 3.05) is 7.11 Å². The number of hydrogen-bond donors (Lipinski definition) is 0. The van der Waals surface area contributed by atoms with E-state index >= 15 is 0 Å². The highest BCUT2D eigenvalue weighted by Crippen LogP contribution is 2.22. The highest BCUT2D eigenvalue weighted by molar-refractivity contribution is 6.31. The van der Waals surface area contributed by atoms with E-state index in [1.807, 2.05) is 6.07 Å². The molecule has 0 saturated heterocycles. The first-order valence-corrected chi connectivity index (χ1v) is 4.27. The zero-order valence-electron chi connectivity index (χ0n) is 7.80. The number of carbonyl (C=O) groups is 1. The topological polar surface area (TPSA) is 50.1 Å². The summed E-state index contributed by atoms with van der Waals surface area (Å²) in [4.78, 5) is 11.3. The molecule has 0 spiro atoms. The Morgan fingerprint density at radius 1 is 1.57 bits per heavy atom. The van der Waals surface area contributed by atoms with Gasteiger partial charge in [-0.05, 0) is 24.6 Å². The van der Waals surface area contributed by atoms with E-state index in [9.17, 15) is 4.79 Å². The first-order chi connectivity index (χ1) is 6.61. The normalized spacial score (nSPS) is 9.29. The summed E-state index contributed by atoms with van der Waals surface area (Å²) in [5.41, 5.74) is 1.08. The van der Waals surface area contributed by atoms with Gasteiger partial charge in [0, 0.05) is 5.02 Å². The van der Waals surface area contributed by atoms with E-state index < -0.39 is 5.97 Å². The fourth-order valence-electron chi connectivity index (χ4n) is 1.14. The summed E-state index contributed by atoms with van der Waals surface area (Å²) >= 11 is 5.83. The molecule has 0 aliphatic rings. The van der Waals surface area contributed by atoms with E-state index in [-0.39, 0.29) is 11.1 Å². The van der Waals surface area contributed by atoms with E-state index in [1.165, 1.54) is 13.2 Å². The molecule has 14 heavy (non-hydrogen) atoms. The maximum absolute atomic E-state index is 11.3. The monoisotopic (exact) mass is 209 g/mol. The van der Waals surface area contributed by atoms with Crippen LogP contribution in [-0.2, 0) is 4.74 Å². The van der Waals surface area contributed by atoms with Crippen molar-refractivity contribution in [3.05, 3.63) is 33.8 Å². The predicted molar refractivity (Wildman–Crippen MR) is 52.2 cm³/mol. The van der Waals surface area contributed by atoms with Gasteiger partial charge in [0.25, 0.3) is 0 Å². The lowest BCUT2D eigenvalue weighted by Crippen LogP contribution is -2.07. The molecule has 0 saturated carbocycles. The summed E-state index contributed by atoms with van der Waals surface area (Å²) in [7, 11) is 1.27. The molecule has 4 heteroatoms. The van der Waals surface area contributed by atoms with Crippen LogP contribution in [0.1, 0.15) is 21.5 Å². The molecule has 0 bridgehead atoms. The van der Waals surface area contributed by atoms with E-state index in [0.29, 0.717) is 10.6 Å². The highest BCUT2D eigenvalue weighted by atomic mass is 35.5. The Bertz CT molecular complexity index is 421. The molecule has 0 atom stereocenters. The van der Waals surface area contributed by atoms with Gasteiger partial charge in [-0.3, -0.25) is 0 Å². The van der Waals surface area contributed by atoms with Gasteiger partial charge in [-0.1, -0.05) is 11.6 Å². The average Bonchev–Trinajstić information content (AvgIpc) is 2.20. The van der Waals surface area contributed by atoms with Crippen molar-refractivity contribution in [2.45, 2.75) is 6.92 Å². The van der Waals surface area contributed by atoms with Gasteiger partial charge in [-0.2, -0.15) is 5.26 Å². The Hall–Kier alpha value is -1.53. The maximum atomic E-state index is 11.3. The first kappa shape index (κ1) is 10.6. The van der Waals surface area contributed by atoms with Gasteiger partial charge in [0.2, 0.25) is 0 Å². The quantitative estimate of drug-likeness (QED) is 0.667. The molecule has 0 amide bonds. The van der Waals surface area contributed by atoms with E-state index in [1.54, 1.807) is 13.0 Å². The van der Waals surface area contributed by atoms with Crippen LogP contribution in [0, 0.1) is 18.3 Å². The molecule has 0 fully saturated rings. The zero-order valence-corrected chi connectivity index (χ0v) is 8.55. The second kappa shape index (κ2) is 4.12. The number of ether oxygens (including phenoxy) is 1. The van der Waals surface area contributed by atoms with Crippen molar-refractivity contribution in [1.29, 1.82) is 5.26 Å². The number of halogens is 1. The minimum absolute atomic E-state index is 0.238. The van der Waals surface area contributed by atoms with Crippen LogP contribution in [0.3, 0.4) is 0 Å². The van der Waals surface area contributed by atoms with Crippen LogP contribution in [0.2, 0.25) is 5.02 Å². The van der Waals surface area contributed by atoms with Gasteiger partial charge in [0.05, 0.1) is 18.2 Å². The first-order valence-electron chi connectivity index (χ1n) is 3.89. The van der Waals surface area contributed by atoms with E-state index in [0.717, 1.165) is 0 Å². The second-order valence-corrected chi connectivity index (χ2v) is 3.11. The fraction of sp³-hybridized carbons (Fsp3) is 0.200. The van der Waals surface area contributed by atoms with Gasteiger partial charge in [-0.25, -0.2) is 4.79 Å². The average molecular weight is 210 g/mol. The number of benzene rings is 1. The number of hydrogen-bond acceptors (Lipinski definition) is 3. The van der Waals surface area contributed by atoms with Crippen LogP contribution in [-0.4, -0.2) is 13.1 Å². The van der Waals surface area contributed by atoms with Crippen molar-refractivity contribution in [3.63, 3.8) is 0 Å². The van der Waals surface area contributed by atoms with Crippen molar-refractivity contribution in [2.24, 2.45) is 0 Å². The summed E-state index contributed by atoms with van der Waals surface area (Å²) in [6.45, 7) is 1.68. The third kappa shape index (κ3) is 1.70. The Morgan fingerprint density at radius 2 is 2.21 bits per heavy atom. The molecule has 72 valence electrons. The Balaban J connectivity index is 3.45. The van der Waals surface area contributed by atoms with Crippen LogP contribution in [0.15, 0.2) is 12.1 Å². The fourth-order valence-corrected chi connectivity index (χ4v) is 1.30. The third-order valence-electron chi connectivity index (χ3n) is 1.91. The predicted octanol–water partition coefficient (Wildman–Crippen LogP) is 2.31. The number of carbonyl (C=O) groups excluding carboxylic acids is 1. The third-order valence-corrected chi connectivity index (χ3v) is 2.32. The van der Waals surface area contributed by atoms with Crippen LogP contribution in [0.4, 0.5) is 0 Å². The number of esters is 1. The smallest absolute Gasteiger partial charge is 0.339 e. The summed E-state index contributed by atoms with van der Waals surface area (Å²) < 4.78 is 4.57. The maximum Gasteiger partial charge on any atom is 0.339 e. The van der Waals surface area contributed by atoms with E-state index in [2.05, 4.69) is 4.74 Å². The SMILES string of the molecule is COC(=O)c1c(C#N)ccc(Cl)c1C. The molecule has 1 rings (SSSR count). The lowest BCUT2D eigenvalue weighted by Gasteiger charge is -2.06. The lowest BCUT2D eigenvalue weighted by molar-refractivity contribution is 0.0599. The minimum Gasteiger partial charge on any atom is -0.465 e.